The number of rotatable bonds is 4. The second-order valence-corrected chi connectivity index (χ2v) is 6.92. The molecule has 1 aliphatic heterocycles. The van der Waals surface area contributed by atoms with Gasteiger partial charge in [0.25, 0.3) is 0 Å². The standard InChI is InChI=1S/C18H21NS2/c1-4-20-18(14(3)19)17-10-6-9-16(12-21-17)15-8-5-7-13(2)11-15/h4-5,7-8,10-12H,1,6,9,19H2,2-3H3/b18-14+. The highest BCUT2D eigenvalue weighted by atomic mass is 32.2. The molecule has 3 heteroatoms. The molecule has 1 aromatic rings. The summed E-state index contributed by atoms with van der Waals surface area (Å²) in [6.45, 7) is 7.88. The van der Waals surface area contributed by atoms with Gasteiger partial charge in [-0.15, -0.1) is 0 Å². The molecule has 0 radical (unpaired) electrons. The molecular formula is C18H21NS2. The van der Waals surface area contributed by atoms with Gasteiger partial charge in [0.1, 0.15) is 0 Å². The van der Waals surface area contributed by atoms with Gasteiger partial charge in [0.05, 0.1) is 0 Å². The first-order valence-electron chi connectivity index (χ1n) is 6.99. The Labute approximate surface area is 136 Å². The summed E-state index contributed by atoms with van der Waals surface area (Å²) in [6, 6.07) is 8.70. The number of allylic oxidation sites excluding steroid dienone is 3. The van der Waals surface area contributed by atoms with Crippen LogP contribution < -0.4 is 5.73 Å². The first kappa shape index (κ1) is 16.1. The van der Waals surface area contributed by atoms with Gasteiger partial charge < -0.3 is 5.73 Å². The van der Waals surface area contributed by atoms with E-state index in [1.165, 1.54) is 21.6 Å². The molecule has 0 aromatic heterocycles. The molecule has 1 aliphatic rings. The molecule has 0 fully saturated rings. The van der Waals surface area contributed by atoms with E-state index in [1.807, 2.05) is 12.3 Å². The van der Waals surface area contributed by atoms with Crippen molar-refractivity contribution in [2.45, 2.75) is 26.7 Å². The first-order valence-corrected chi connectivity index (χ1v) is 8.75. The number of nitrogens with two attached hydrogens (primary N) is 1. The van der Waals surface area contributed by atoms with Crippen LogP contribution in [0.1, 0.15) is 30.9 Å². The van der Waals surface area contributed by atoms with E-state index in [0.29, 0.717) is 0 Å². The van der Waals surface area contributed by atoms with Crippen LogP contribution in [0.15, 0.2) is 63.2 Å². The molecule has 0 atom stereocenters. The zero-order valence-electron chi connectivity index (χ0n) is 12.6. The van der Waals surface area contributed by atoms with E-state index in [1.54, 1.807) is 23.5 Å². The molecule has 0 bridgehead atoms. The molecule has 1 aromatic carbocycles. The van der Waals surface area contributed by atoms with Gasteiger partial charge >= 0.3 is 0 Å². The van der Waals surface area contributed by atoms with Crippen LogP contribution in [0, 0.1) is 6.92 Å². The SMILES string of the molecule is C=CS/C(C1=CCCC(c2cccc(C)c2)=CS1)=C(\C)N. The summed E-state index contributed by atoms with van der Waals surface area (Å²) < 4.78 is 0. The van der Waals surface area contributed by atoms with E-state index in [4.69, 9.17) is 5.73 Å². The van der Waals surface area contributed by atoms with Crippen molar-refractivity contribution in [3.8, 4) is 0 Å². The molecule has 2 N–H and O–H groups in total. The number of benzene rings is 1. The van der Waals surface area contributed by atoms with Crippen molar-refractivity contribution < 1.29 is 0 Å². The maximum Gasteiger partial charge on any atom is 0.0436 e. The van der Waals surface area contributed by atoms with E-state index in [0.717, 1.165) is 23.4 Å². The zero-order chi connectivity index (χ0) is 15.2. The highest BCUT2D eigenvalue weighted by molar-refractivity contribution is 8.11. The van der Waals surface area contributed by atoms with Gasteiger partial charge in [0.2, 0.25) is 0 Å². The summed E-state index contributed by atoms with van der Waals surface area (Å²) in [5.74, 6) is 0. The van der Waals surface area contributed by atoms with Crippen molar-refractivity contribution in [2.75, 3.05) is 0 Å². The van der Waals surface area contributed by atoms with Crippen LogP contribution in [-0.2, 0) is 0 Å². The maximum atomic E-state index is 6.01. The minimum Gasteiger partial charge on any atom is -0.401 e. The lowest BCUT2D eigenvalue weighted by atomic mass is 10.0. The minimum atomic E-state index is 0.853. The summed E-state index contributed by atoms with van der Waals surface area (Å²) >= 11 is 3.36. The Balaban J connectivity index is 2.24. The van der Waals surface area contributed by atoms with Crippen molar-refractivity contribution in [1.29, 1.82) is 0 Å². The molecule has 1 nitrogen and oxygen atoms in total. The molecule has 0 unspecified atom stereocenters. The normalized spacial score (nSPS) is 16.5. The van der Waals surface area contributed by atoms with E-state index in [2.05, 4.69) is 49.3 Å². The van der Waals surface area contributed by atoms with Gasteiger partial charge in [0.15, 0.2) is 0 Å². The Hall–Kier alpha value is -1.32. The predicted molar refractivity (Wildman–Crippen MR) is 98.7 cm³/mol. The molecule has 0 saturated heterocycles. The zero-order valence-corrected chi connectivity index (χ0v) is 14.2. The predicted octanol–water partition coefficient (Wildman–Crippen LogP) is 5.81. The minimum absolute atomic E-state index is 0.853. The monoisotopic (exact) mass is 315 g/mol. The quantitative estimate of drug-likeness (QED) is 0.759. The number of aryl methyl sites for hydroxylation is 1. The fourth-order valence-corrected chi connectivity index (χ4v) is 4.08. The molecule has 21 heavy (non-hydrogen) atoms. The Morgan fingerprint density at radius 1 is 1.43 bits per heavy atom. The Morgan fingerprint density at radius 2 is 2.24 bits per heavy atom. The van der Waals surface area contributed by atoms with Crippen LogP contribution in [-0.4, -0.2) is 0 Å². The lowest BCUT2D eigenvalue weighted by Crippen LogP contribution is -1.96. The van der Waals surface area contributed by atoms with Crippen molar-refractivity contribution in [2.24, 2.45) is 5.73 Å². The number of thioether (sulfide) groups is 2. The Morgan fingerprint density at radius 3 is 2.90 bits per heavy atom. The number of hydrogen-bond donors (Lipinski definition) is 1. The molecule has 0 saturated carbocycles. The molecule has 0 amide bonds. The van der Waals surface area contributed by atoms with Crippen molar-refractivity contribution >= 4 is 29.1 Å². The van der Waals surface area contributed by atoms with Gasteiger partial charge in [-0.2, -0.15) is 0 Å². The average Bonchev–Trinajstić information content (AvgIpc) is 2.70. The fourth-order valence-electron chi connectivity index (χ4n) is 2.23. The van der Waals surface area contributed by atoms with Crippen molar-refractivity contribution in [1.82, 2.24) is 0 Å². The van der Waals surface area contributed by atoms with E-state index in [-0.39, 0.29) is 0 Å². The van der Waals surface area contributed by atoms with Crippen LogP contribution in [0.2, 0.25) is 0 Å². The molecule has 110 valence electrons. The second-order valence-electron chi connectivity index (χ2n) is 5.03. The summed E-state index contributed by atoms with van der Waals surface area (Å²) in [5.41, 5.74) is 10.9. The van der Waals surface area contributed by atoms with Gasteiger partial charge in [-0.3, -0.25) is 0 Å². The topological polar surface area (TPSA) is 26.0 Å². The van der Waals surface area contributed by atoms with Crippen LogP contribution in [0.25, 0.3) is 5.57 Å². The van der Waals surface area contributed by atoms with Gasteiger partial charge in [-0.1, -0.05) is 66.0 Å². The van der Waals surface area contributed by atoms with E-state index < -0.39 is 0 Å². The highest BCUT2D eigenvalue weighted by Crippen LogP contribution is 2.39. The molecular weight excluding hydrogens is 294 g/mol. The van der Waals surface area contributed by atoms with Crippen LogP contribution in [0.3, 0.4) is 0 Å². The summed E-state index contributed by atoms with van der Waals surface area (Å²) in [5, 5.41) is 4.10. The van der Waals surface area contributed by atoms with Crippen LogP contribution in [0.4, 0.5) is 0 Å². The summed E-state index contributed by atoms with van der Waals surface area (Å²) in [7, 11) is 0. The summed E-state index contributed by atoms with van der Waals surface area (Å²) in [4.78, 5) is 2.36. The number of hydrogen-bond acceptors (Lipinski definition) is 3. The Kier molecular flexibility index (Phi) is 5.83. The van der Waals surface area contributed by atoms with Gasteiger partial charge in [-0.25, -0.2) is 0 Å². The van der Waals surface area contributed by atoms with Gasteiger partial charge in [0, 0.05) is 15.5 Å². The second kappa shape index (κ2) is 7.62. The van der Waals surface area contributed by atoms with E-state index >= 15 is 0 Å². The highest BCUT2D eigenvalue weighted by Gasteiger charge is 2.12. The van der Waals surface area contributed by atoms with Crippen LogP contribution in [0.5, 0.6) is 0 Å². The third-order valence-electron chi connectivity index (χ3n) is 3.24. The van der Waals surface area contributed by atoms with E-state index in [9.17, 15) is 0 Å². The third kappa shape index (κ3) is 4.32. The molecule has 0 aliphatic carbocycles. The van der Waals surface area contributed by atoms with Crippen LogP contribution >= 0.6 is 23.5 Å². The lowest BCUT2D eigenvalue weighted by Gasteiger charge is -2.09. The van der Waals surface area contributed by atoms with Gasteiger partial charge in [-0.05, 0) is 48.6 Å². The molecule has 1 heterocycles. The largest absolute Gasteiger partial charge is 0.401 e. The fraction of sp³-hybridized carbons (Fsp3) is 0.222. The molecule has 2 rings (SSSR count). The average molecular weight is 316 g/mol. The van der Waals surface area contributed by atoms with Crippen molar-refractivity contribution in [3.63, 3.8) is 0 Å². The smallest absolute Gasteiger partial charge is 0.0436 e. The Bertz CT molecular complexity index is 620. The lowest BCUT2D eigenvalue weighted by molar-refractivity contribution is 1.07. The maximum absolute atomic E-state index is 6.01. The summed E-state index contributed by atoms with van der Waals surface area (Å²) in [6.07, 6.45) is 4.39. The molecule has 0 spiro atoms. The van der Waals surface area contributed by atoms with Crippen molar-refractivity contribution in [3.05, 3.63) is 74.4 Å². The first-order chi connectivity index (χ1) is 10.1. The third-order valence-corrected chi connectivity index (χ3v) is 5.34.